The lowest BCUT2D eigenvalue weighted by atomic mass is 10.1. The first kappa shape index (κ1) is 13.1. The van der Waals surface area contributed by atoms with E-state index >= 15 is 0 Å². The van der Waals surface area contributed by atoms with Crippen LogP contribution >= 0.6 is 0 Å². The summed E-state index contributed by atoms with van der Waals surface area (Å²) in [5, 5.41) is 0. The zero-order chi connectivity index (χ0) is 12.5. The summed E-state index contributed by atoms with van der Waals surface area (Å²) in [4.78, 5) is 22.8. The lowest BCUT2D eigenvalue weighted by Crippen LogP contribution is -2.06. The molecule has 0 unspecified atom stereocenters. The maximum atomic E-state index is 11.4. The van der Waals surface area contributed by atoms with Gasteiger partial charge in [0.1, 0.15) is 0 Å². The summed E-state index contributed by atoms with van der Waals surface area (Å²) in [5.74, 6) is -0.952. The normalized spacial score (nSPS) is 11.1. The summed E-state index contributed by atoms with van der Waals surface area (Å²) in [5.41, 5.74) is 0.909. The van der Waals surface area contributed by atoms with E-state index in [1.54, 1.807) is 12.2 Å². The summed E-state index contributed by atoms with van der Waals surface area (Å²) in [7, 11) is 0. The van der Waals surface area contributed by atoms with E-state index in [2.05, 4.69) is 0 Å². The summed E-state index contributed by atoms with van der Waals surface area (Å²) < 4.78 is 0. The van der Waals surface area contributed by atoms with Gasteiger partial charge in [0.25, 0.3) is 0 Å². The van der Waals surface area contributed by atoms with Gasteiger partial charge >= 0.3 is 0 Å². The summed E-state index contributed by atoms with van der Waals surface area (Å²) in [6, 6.07) is 9.42. The Morgan fingerprint density at radius 2 is 1.71 bits per heavy atom. The van der Waals surface area contributed by atoms with Gasteiger partial charge in [-0.25, -0.2) is 0 Å². The Hall–Kier alpha value is -1.96. The van der Waals surface area contributed by atoms with Gasteiger partial charge in [-0.1, -0.05) is 55.8 Å². The molecule has 2 heteroatoms. The van der Waals surface area contributed by atoms with Crippen LogP contribution < -0.4 is 0 Å². The van der Waals surface area contributed by atoms with E-state index in [0.29, 0.717) is 0 Å². The molecule has 0 fully saturated rings. The molecule has 1 aromatic rings. The van der Waals surface area contributed by atoms with Crippen LogP contribution in [-0.4, -0.2) is 11.6 Å². The van der Waals surface area contributed by atoms with Crippen molar-refractivity contribution in [3.05, 3.63) is 54.1 Å². The molecule has 0 radical (unpaired) electrons. The number of benzene rings is 1. The first-order chi connectivity index (χ1) is 8.24. The van der Waals surface area contributed by atoms with Crippen LogP contribution in [0, 0.1) is 0 Å². The molecule has 1 rings (SSSR count). The molecule has 2 nitrogen and oxygen atoms in total. The van der Waals surface area contributed by atoms with Gasteiger partial charge in [0.05, 0.1) is 0 Å². The number of carbonyl (C=O) groups is 2. The van der Waals surface area contributed by atoms with E-state index in [-0.39, 0.29) is 0 Å². The Labute approximate surface area is 102 Å². The molecule has 0 bridgehead atoms. The molecule has 0 aliphatic carbocycles. The van der Waals surface area contributed by atoms with Crippen LogP contribution in [0.25, 0.3) is 6.08 Å². The van der Waals surface area contributed by atoms with Crippen LogP contribution in [-0.2, 0) is 9.59 Å². The highest BCUT2D eigenvalue weighted by atomic mass is 16.2. The van der Waals surface area contributed by atoms with Gasteiger partial charge in [-0.2, -0.15) is 0 Å². The third-order valence-corrected chi connectivity index (χ3v) is 2.19. The van der Waals surface area contributed by atoms with Crippen LogP contribution in [0.5, 0.6) is 0 Å². The fourth-order valence-electron chi connectivity index (χ4n) is 1.26. The molecule has 0 spiro atoms. The van der Waals surface area contributed by atoms with Crippen molar-refractivity contribution in [3.63, 3.8) is 0 Å². The van der Waals surface area contributed by atoms with E-state index in [1.807, 2.05) is 37.3 Å². The van der Waals surface area contributed by atoms with Gasteiger partial charge in [0, 0.05) is 0 Å². The van der Waals surface area contributed by atoms with Crippen molar-refractivity contribution < 1.29 is 9.59 Å². The molecule has 0 saturated heterocycles. The predicted molar refractivity (Wildman–Crippen MR) is 69.5 cm³/mol. The molecule has 17 heavy (non-hydrogen) atoms. The molecule has 0 heterocycles. The molecule has 1 aromatic carbocycles. The van der Waals surface area contributed by atoms with E-state index in [1.165, 1.54) is 12.2 Å². The zero-order valence-corrected chi connectivity index (χ0v) is 9.93. The van der Waals surface area contributed by atoms with Crippen LogP contribution in [0.15, 0.2) is 48.6 Å². The Balaban J connectivity index is 2.55. The molecule has 0 amide bonds. The topological polar surface area (TPSA) is 34.1 Å². The molecule has 0 N–H and O–H groups in total. The first-order valence-corrected chi connectivity index (χ1v) is 5.72. The Bertz CT molecular complexity index is 427. The SMILES string of the molecule is CCCC=CC(=O)C(=O)C=Cc1ccccc1. The second kappa shape index (κ2) is 7.34. The minimum absolute atomic E-state index is 0.467. The third kappa shape index (κ3) is 5.07. The van der Waals surface area contributed by atoms with Crippen molar-refractivity contribution in [2.24, 2.45) is 0 Å². The second-order valence-corrected chi connectivity index (χ2v) is 3.66. The van der Waals surface area contributed by atoms with E-state index < -0.39 is 11.6 Å². The number of hydrogen-bond donors (Lipinski definition) is 0. The Morgan fingerprint density at radius 3 is 2.35 bits per heavy atom. The first-order valence-electron chi connectivity index (χ1n) is 5.72. The molecule has 0 aliphatic rings. The van der Waals surface area contributed by atoms with Crippen LogP contribution in [0.3, 0.4) is 0 Å². The highest BCUT2D eigenvalue weighted by Gasteiger charge is 2.04. The largest absolute Gasteiger partial charge is 0.286 e. The Kier molecular flexibility index (Phi) is 5.66. The molecule has 0 aromatic heterocycles. The van der Waals surface area contributed by atoms with Crippen molar-refractivity contribution in [3.8, 4) is 0 Å². The highest BCUT2D eigenvalue weighted by molar-refractivity contribution is 6.46. The summed E-state index contributed by atoms with van der Waals surface area (Å²) in [6.45, 7) is 2.02. The zero-order valence-electron chi connectivity index (χ0n) is 9.93. The van der Waals surface area contributed by atoms with Crippen molar-refractivity contribution >= 4 is 17.6 Å². The van der Waals surface area contributed by atoms with E-state index in [9.17, 15) is 9.59 Å². The standard InChI is InChI=1S/C15H16O2/c1-2-3-5-10-14(16)15(17)12-11-13-8-6-4-7-9-13/h4-12H,2-3H2,1H3. The number of unbranched alkanes of at least 4 members (excludes halogenated alkanes) is 1. The van der Waals surface area contributed by atoms with Gasteiger partial charge in [0.15, 0.2) is 0 Å². The van der Waals surface area contributed by atoms with Gasteiger partial charge in [-0.3, -0.25) is 9.59 Å². The minimum Gasteiger partial charge on any atom is -0.286 e. The number of carbonyl (C=O) groups excluding carboxylic acids is 2. The molecular weight excluding hydrogens is 212 g/mol. The van der Waals surface area contributed by atoms with Crippen molar-refractivity contribution in [2.45, 2.75) is 19.8 Å². The number of allylic oxidation sites excluding steroid dienone is 3. The fourth-order valence-corrected chi connectivity index (χ4v) is 1.26. The van der Waals surface area contributed by atoms with Gasteiger partial charge < -0.3 is 0 Å². The second-order valence-electron chi connectivity index (χ2n) is 3.66. The van der Waals surface area contributed by atoms with Crippen LogP contribution in [0.2, 0.25) is 0 Å². The number of ketones is 2. The van der Waals surface area contributed by atoms with E-state index in [4.69, 9.17) is 0 Å². The molecule has 0 saturated carbocycles. The average Bonchev–Trinajstić information content (AvgIpc) is 2.37. The van der Waals surface area contributed by atoms with Crippen LogP contribution in [0.4, 0.5) is 0 Å². The fraction of sp³-hybridized carbons (Fsp3) is 0.200. The number of hydrogen-bond acceptors (Lipinski definition) is 2. The van der Waals surface area contributed by atoms with Gasteiger partial charge in [-0.05, 0) is 24.1 Å². The third-order valence-electron chi connectivity index (χ3n) is 2.19. The lowest BCUT2D eigenvalue weighted by Gasteiger charge is -1.91. The lowest BCUT2D eigenvalue weighted by molar-refractivity contribution is -0.130. The maximum Gasteiger partial charge on any atom is 0.225 e. The molecule has 0 aliphatic heterocycles. The predicted octanol–water partition coefficient (Wildman–Crippen LogP) is 3.19. The number of rotatable bonds is 6. The quantitative estimate of drug-likeness (QED) is 0.553. The van der Waals surface area contributed by atoms with E-state index in [0.717, 1.165) is 18.4 Å². The van der Waals surface area contributed by atoms with Crippen molar-refractivity contribution in [2.75, 3.05) is 0 Å². The molecule has 88 valence electrons. The minimum atomic E-state index is -0.485. The van der Waals surface area contributed by atoms with Crippen molar-refractivity contribution in [1.29, 1.82) is 0 Å². The monoisotopic (exact) mass is 228 g/mol. The summed E-state index contributed by atoms with van der Waals surface area (Å²) in [6.07, 6.45) is 7.83. The van der Waals surface area contributed by atoms with Crippen LogP contribution in [0.1, 0.15) is 25.3 Å². The van der Waals surface area contributed by atoms with Gasteiger partial charge in [-0.15, -0.1) is 0 Å². The smallest absolute Gasteiger partial charge is 0.225 e. The van der Waals surface area contributed by atoms with Crippen molar-refractivity contribution in [1.82, 2.24) is 0 Å². The highest BCUT2D eigenvalue weighted by Crippen LogP contribution is 2.01. The summed E-state index contributed by atoms with van der Waals surface area (Å²) >= 11 is 0. The average molecular weight is 228 g/mol. The molecular formula is C15H16O2. The van der Waals surface area contributed by atoms with Gasteiger partial charge in [0.2, 0.25) is 11.6 Å². The molecule has 0 atom stereocenters. The Morgan fingerprint density at radius 1 is 1.06 bits per heavy atom. The maximum absolute atomic E-state index is 11.4.